The van der Waals surface area contributed by atoms with Gasteiger partial charge >= 0.3 is 12.8 Å². The average molecular weight is 224 g/mol. The van der Waals surface area contributed by atoms with E-state index in [2.05, 4.69) is 4.74 Å². The fourth-order valence-corrected chi connectivity index (χ4v) is 0.362. The van der Waals surface area contributed by atoms with Gasteiger partial charge in [-0.15, -0.1) is 0 Å². The van der Waals surface area contributed by atoms with Crippen LogP contribution in [0.2, 0.25) is 0 Å². The van der Waals surface area contributed by atoms with Gasteiger partial charge in [0.25, 0.3) is 0 Å². The largest absolute Gasteiger partial charge is 0.412 e. The number of alkyl halides is 5. The molecule has 0 aliphatic carbocycles. The Morgan fingerprint density at radius 2 is 1.50 bits per heavy atom. The van der Waals surface area contributed by atoms with Crippen molar-refractivity contribution in [1.29, 1.82) is 0 Å². The van der Waals surface area contributed by atoms with Crippen molar-refractivity contribution < 1.29 is 31.4 Å². The molecule has 0 fully saturated rings. The summed E-state index contributed by atoms with van der Waals surface area (Å²) in [5.41, 5.74) is 0. The summed E-state index contributed by atoms with van der Waals surface area (Å²) in [6.45, 7) is 0.414. The zero-order valence-electron chi connectivity index (χ0n) is 7.90. The lowest BCUT2D eigenvalue weighted by molar-refractivity contribution is -0.228. The summed E-state index contributed by atoms with van der Waals surface area (Å²) < 4.78 is 62.3. The summed E-state index contributed by atoms with van der Waals surface area (Å²) in [6, 6.07) is 0. The van der Waals surface area contributed by atoms with Crippen LogP contribution in [-0.4, -0.2) is 32.6 Å². The Morgan fingerprint density at radius 3 is 1.57 bits per heavy atom. The predicted octanol–water partition coefficient (Wildman–Crippen LogP) is 2.83. The Kier molecular flexibility index (Phi) is 10.5. The van der Waals surface area contributed by atoms with Crippen molar-refractivity contribution in [2.24, 2.45) is 0 Å². The van der Waals surface area contributed by atoms with Crippen LogP contribution in [0.25, 0.3) is 0 Å². The number of hydrogen-bond acceptors (Lipinski definition) is 2. The first-order chi connectivity index (χ1) is 6.33. The molecule has 0 saturated carbocycles. The van der Waals surface area contributed by atoms with Gasteiger partial charge < -0.3 is 9.47 Å². The Bertz CT molecular complexity index is 113. The maximum Gasteiger partial charge on any atom is 0.412 e. The van der Waals surface area contributed by atoms with Gasteiger partial charge in [0.1, 0.15) is 6.61 Å². The van der Waals surface area contributed by atoms with Gasteiger partial charge in [0.15, 0.2) is 0 Å². The first kappa shape index (κ1) is 16.0. The fourth-order valence-electron chi connectivity index (χ4n) is 0.362. The van der Waals surface area contributed by atoms with Crippen LogP contribution in [0.3, 0.4) is 0 Å². The predicted molar refractivity (Wildman–Crippen MR) is 40.2 cm³/mol. The van der Waals surface area contributed by atoms with E-state index in [1.54, 1.807) is 0 Å². The standard InChI is InChI=1S/C4H10O.C3H3F5O/c1-3-5-4-2;4-2(5)9-1-3(6,7)8/h3-4H2,1-2H3;2H,1H2. The summed E-state index contributed by atoms with van der Waals surface area (Å²) in [4.78, 5) is 0. The van der Waals surface area contributed by atoms with Gasteiger partial charge in [-0.3, -0.25) is 0 Å². The molecule has 0 aromatic heterocycles. The summed E-state index contributed by atoms with van der Waals surface area (Å²) >= 11 is 0. The van der Waals surface area contributed by atoms with E-state index >= 15 is 0 Å². The molecule has 0 bridgehead atoms. The van der Waals surface area contributed by atoms with Crippen molar-refractivity contribution in [1.82, 2.24) is 0 Å². The minimum absolute atomic E-state index is 0.844. The maximum atomic E-state index is 11.0. The molecule has 0 aliphatic heterocycles. The lowest BCUT2D eigenvalue weighted by Gasteiger charge is -2.04. The van der Waals surface area contributed by atoms with Crippen molar-refractivity contribution >= 4 is 0 Å². The van der Waals surface area contributed by atoms with Crippen molar-refractivity contribution in [3.63, 3.8) is 0 Å². The molecule has 0 aromatic rings. The Hall–Kier alpha value is -0.430. The molecular weight excluding hydrogens is 211 g/mol. The molecule has 0 spiro atoms. The van der Waals surface area contributed by atoms with E-state index in [9.17, 15) is 22.0 Å². The molecule has 88 valence electrons. The minimum atomic E-state index is -4.67. The van der Waals surface area contributed by atoms with E-state index in [-0.39, 0.29) is 0 Å². The molecule has 0 heterocycles. The normalized spacial score (nSPS) is 11.1. The molecule has 0 atom stereocenters. The number of ether oxygens (including phenoxy) is 2. The molecule has 14 heavy (non-hydrogen) atoms. The number of hydrogen-bond donors (Lipinski definition) is 0. The highest BCUT2D eigenvalue weighted by molar-refractivity contribution is 4.43. The van der Waals surface area contributed by atoms with Crippen LogP contribution in [0.1, 0.15) is 13.8 Å². The molecule has 0 amide bonds. The Balaban J connectivity index is 0. The SMILES string of the molecule is CCOCC.FC(F)OCC(F)(F)F. The maximum absolute atomic E-state index is 11.0. The number of rotatable bonds is 4. The lowest BCUT2D eigenvalue weighted by Crippen LogP contribution is -2.18. The highest BCUT2D eigenvalue weighted by atomic mass is 19.4. The van der Waals surface area contributed by atoms with E-state index in [1.807, 2.05) is 13.8 Å². The highest BCUT2D eigenvalue weighted by Gasteiger charge is 2.29. The first-order valence-corrected chi connectivity index (χ1v) is 3.87. The molecule has 0 rings (SSSR count). The van der Waals surface area contributed by atoms with Crippen LogP contribution >= 0.6 is 0 Å². The van der Waals surface area contributed by atoms with Crippen LogP contribution in [0.15, 0.2) is 0 Å². The third-order valence-electron chi connectivity index (χ3n) is 0.781. The summed E-state index contributed by atoms with van der Waals surface area (Å²) in [6.07, 6.45) is -4.67. The molecule has 7 heteroatoms. The highest BCUT2D eigenvalue weighted by Crippen LogP contribution is 2.15. The molecule has 0 radical (unpaired) electrons. The van der Waals surface area contributed by atoms with Crippen LogP contribution in [0, 0.1) is 0 Å². The summed E-state index contributed by atoms with van der Waals surface area (Å²) in [5.74, 6) is 0. The van der Waals surface area contributed by atoms with Gasteiger partial charge in [0.2, 0.25) is 0 Å². The molecule has 0 aromatic carbocycles. The van der Waals surface area contributed by atoms with Crippen LogP contribution in [0.5, 0.6) is 0 Å². The monoisotopic (exact) mass is 224 g/mol. The average Bonchev–Trinajstić information content (AvgIpc) is 2.02. The molecule has 0 N–H and O–H groups in total. The second-order valence-electron chi connectivity index (χ2n) is 1.97. The van der Waals surface area contributed by atoms with Crippen molar-refractivity contribution in [3.05, 3.63) is 0 Å². The molecule has 0 unspecified atom stereocenters. The van der Waals surface area contributed by atoms with Crippen LogP contribution in [0.4, 0.5) is 22.0 Å². The van der Waals surface area contributed by atoms with E-state index in [1.165, 1.54) is 0 Å². The van der Waals surface area contributed by atoms with Gasteiger partial charge in [0, 0.05) is 13.2 Å². The van der Waals surface area contributed by atoms with Gasteiger partial charge in [0.05, 0.1) is 0 Å². The quantitative estimate of drug-likeness (QED) is 0.683. The zero-order valence-corrected chi connectivity index (χ0v) is 7.90. The second kappa shape index (κ2) is 9.14. The van der Waals surface area contributed by atoms with E-state index in [0.717, 1.165) is 13.2 Å². The van der Waals surface area contributed by atoms with Gasteiger partial charge in [-0.2, -0.15) is 22.0 Å². The molecular formula is C7H13F5O2. The third-order valence-corrected chi connectivity index (χ3v) is 0.781. The molecule has 0 saturated heterocycles. The van der Waals surface area contributed by atoms with Gasteiger partial charge in [-0.1, -0.05) is 0 Å². The Labute approximate surface area is 79.0 Å². The molecule has 2 nitrogen and oxygen atoms in total. The number of halogens is 5. The second-order valence-corrected chi connectivity index (χ2v) is 1.97. The van der Waals surface area contributed by atoms with Gasteiger partial charge in [-0.05, 0) is 13.8 Å². The molecule has 0 aliphatic rings. The van der Waals surface area contributed by atoms with Crippen molar-refractivity contribution in [2.75, 3.05) is 19.8 Å². The third kappa shape index (κ3) is 22.6. The zero-order chi connectivity index (χ0) is 11.6. The van der Waals surface area contributed by atoms with Crippen molar-refractivity contribution in [3.8, 4) is 0 Å². The first-order valence-electron chi connectivity index (χ1n) is 3.87. The van der Waals surface area contributed by atoms with Gasteiger partial charge in [-0.25, -0.2) is 0 Å². The summed E-state index contributed by atoms with van der Waals surface area (Å²) in [5, 5.41) is 0. The fraction of sp³-hybridized carbons (Fsp3) is 1.00. The van der Waals surface area contributed by atoms with Crippen molar-refractivity contribution in [2.45, 2.75) is 26.6 Å². The topological polar surface area (TPSA) is 18.5 Å². The van der Waals surface area contributed by atoms with E-state index < -0.39 is 19.4 Å². The minimum Gasteiger partial charge on any atom is -0.382 e. The van der Waals surface area contributed by atoms with E-state index in [0.29, 0.717) is 0 Å². The van der Waals surface area contributed by atoms with Crippen LogP contribution in [-0.2, 0) is 9.47 Å². The lowest BCUT2D eigenvalue weighted by atomic mass is 10.7. The smallest absolute Gasteiger partial charge is 0.382 e. The van der Waals surface area contributed by atoms with E-state index in [4.69, 9.17) is 4.74 Å². The summed E-state index contributed by atoms with van der Waals surface area (Å²) in [7, 11) is 0. The van der Waals surface area contributed by atoms with Crippen LogP contribution < -0.4 is 0 Å². The Morgan fingerprint density at radius 1 is 1.07 bits per heavy atom.